The predicted molar refractivity (Wildman–Crippen MR) is 66.6 cm³/mol. The number of anilines is 1. The molecule has 0 aliphatic heterocycles. The highest BCUT2D eigenvalue weighted by Gasteiger charge is 2.35. The molecule has 0 aliphatic rings. The quantitative estimate of drug-likeness (QED) is 0.794. The second-order valence-corrected chi connectivity index (χ2v) is 4.11. The Morgan fingerprint density at radius 1 is 1.24 bits per heavy atom. The first-order chi connectivity index (χ1) is 8.05. The number of nitriles is 1. The molecule has 0 fully saturated rings. The van der Waals surface area contributed by atoms with E-state index in [1.807, 2.05) is 31.2 Å². The second-order valence-electron chi connectivity index (χ2n) is 4.11. The summed E-state index contributed by atoms with van der Waals surface area (Å²) in [6.45, 7) is 3.75. The highest BCUT2D eigenvalue weighted by molar-refractivity contribution is 5.48. The van der Waals surface area contributed by atoms with Gasteiger partial charge in [-0.3, -0.25) is 0 Å². The lowest BCUT2D eigenvalue weighted by atomic mass is 10.0. The Hall–Kier alpha value is -1.57. The molecule has 0 heterocycles. The van der Waals surface area contributed by atoms with Gasteiger partial charge >= 0.3 is 0 Å². The Morgan fingerprint density at radius 3 is 2.18 bits per heavy atom. The smallest absolute Gasteiger partial charge is 0.193 e. The second kappa shape index (κ2) is 5.67. The first kappa shape index (κ1) is 13.5. The Balaban J connectivity index is 2.89. The number of hydrogen-bond donors (Lipinski definition) is 1. The van der Waals surface area contributed by atoms with Crippen molar-refractivity contribution in [2.24, 2.45) is 0 Å². The largest absolute Gasteiger partial charge is 0.363 e. The molecule has 4 nitrogen and oxygen atoms in total. The lowest BCUT2D eigenvalue weighted by Gasteiger charge is -2.31. The first-order valence-electron chi connectivity index (χ1n) is 5.37. The van der Waals surface area contributed by atoms with Crippen molar-refractivity contribution in [3.05, 3.63) is 29.8 Å². The molecule has 0 saturated carbocycles. The van der Waals surface area contributed by atoms with Gasteiger partial charge in [-0.05, 0) is 26.0 Å². The van der Waals surface area contributed by atoms with Gasteiger partial charge in [-0.25, -0.2) is 0 Å². The zero-order valence-corrected chi connectivity index (χ0v) is 10.7. The maximum atomic E-state index is 9.26. The van der Waals surface area contributed by atoms with Crippen LogP contribution < -0.4 is 5.32 Å². The lowest BCUT2D eigenvalue weighted by Crippen LogP contribution is -2.47. The number of ether oxygens (including phenoxy) is 2. The van der Waals surface area contributed by atoms with Gasteiger partial charge in [0.1, 0.15) is 0 Å². The van der Waals surface area contributed by atoms with E-state index < -0.39 is 11.8 Å². The number of hydrogen-bond acceptors (Lipinski definition) is 4. The summed E-state index contributed by atoms with van der Waals surface area (Å²) in [7, 11) is 3.03. The molecule has 0 aromatic heterocycles. The Morgan fingerprint density at radius 2 is 1.76 bits per heavy atom. The first-order valence-corrected chi connectivity index (χ1v) is 5.37. The normalized spacial score (nSPS) is 14.1. The van der Waals surface area contributed by atoms with Gasteiger partial charge in [0.15, 0.2) is 11.8 Å². The van der Waals surface area contributed by atoms with Crippen LogP contribution in [0.15, 0.2) is 24.3 Å². The van der Waals surface area contributed by atoms with E-state index >= 15 is 0 Å². The number of aryl methyl sites for hydroxylation is 1. The molecule has 92 valence electrons. The van der Waals surface area contributed by atoms with E-state index in [9.17, 15) is 5.26 Å². The predicted octanol–water partition coefficient (Wildman–Crippen LogP) is 2.31. The fourth-order valence-electron chi connectivity index (χ4n) is 1.64. The summed E-state index contributed by atoms with van der Waals surface area (Å²) in [4.78, 5) is 0. The Kier molecular flexibility index (Phi) is 4.50. The maximum Gasteiger partial charge on any atom is 0.193 e. The van der Waals surface area contributed by atoms with Crippen molar-refractivity contribution >= 4 is 5.69 Å². The summed E-state index contributed by atoms with van der Waals surface area (Å²) in [6.07, 6.45) is -0.631. The van der Waals surface area contributed by atoms with Crippen molar-refractivity contribution in [2.45, 2.75) is 25.7 Å². The van der Waals surface area contributed by atoms with Crippen LogP contribution in [0.25, 0.3) is 0 Å². The van der Waals surface area contributed by atoms with Gasteiger partial charge in [0.05, 0.1) is 6.07 Å². The van der Waals surface area contributed by atoms with Gasteiger partial charge in [0.2, 0.25) is 0 Å². The fourth-order valence-corrected chi connectivity index (χ4v) is 1.64. The molecule has 1 N–H and O–H groups in total. The summed E-state index contributed by atoms with van der Waals surface area (Å²) < 4.78 is 10.3. The molecule has 0 radical (unpaired) electrons. The molecule has 0 bridgehead atoms. The Bertz CT molecular complexity index is 393. The molecule has 0 amide bonds. The van der Waals surface area contributed by atoms with Crippen molar-refractivity contribution in [1.29, 1.82) is 5.26 Å². The van der Waals surface area contributed by atoms with Gasteiger partial charge < -0.3 is 14.8 Å². The molecule has 4 heteroatoms. The third-order valence-electron chi connectivity index (χ3n) is 2.59. The van der Waals surface area contributed by atoms with Gasteiger partial charge in [-0.1, -0.05) is 17.7 Å². The van der Waals surface area contributed by atoms with Gasteiger partial charge in [-0.15, -0.1) is 0 Å². The minimum Gasteiger partial charge on any atom is -0.363 e. The molecule has 1 aromatic carbocycles. The van der Waals surface area contributed by atoms with Crippen molar-refractivity contribution in [1.82, 2.24) is 0 Å². The average Bonchev–Trinajstić information content (AvgIpc) is 2.33. The third-order valence-corrected chi connectivity index (χ3v) is 2.59. The number of rotatable bonds is 5. The summed E-state index contributed by atoms with van der Waals surface area (Å²) in [5.74, 6) is 0. The van der Waals surface area contributed by atoms with E-state index in [1.54, 1.807) is 6.92 Å². The van der Waals surface area contributed by atoms with E-state index in [0.717, 1.165) is 5.69 Å². The van der Waals surface area contributed by atoms with Crippen LogP contribution in [0.2, 0.25) is 0 Å². The number of methoxy groups -OCH3 is 2. The molecule has 0 saturated heterocycles. The van der Waals surface area contributed by atoms with E-state index in [-0.39, 0.29) is 0 Å². The summed E-state index contributed by atoms with van der Waals surface area (Å²) in [5, 5.41) is 12.4. The van der Waals surface area contributed by atoms with E-state index in [1.165, 1.54) is 19.8 Å². The van der Waals surface area contributed by atoms with Crippen LogP contribution in [0.5, 0.6) is 0 Å². The summed E-state index contributed by atoms with van der Waals surface area (Å²) in [6, 6.07) is 9.99. The third kappa shape index (κ3) is 3.19. The zero-order chi connectivity index (χ0) is 12.9. The lowest BCUT2D eigenvalue weighted by molar-refractivity contribution is -0.124. The van der Waals surface area contributed by atoms with Crippen LogP contribution in [0, 0.1) is 18.3 Å². The highest BCUT2D eigenvalue weighted by Crippen LogP contribution is 2.20. The van der Waals surface area contributed by atoms with Gasteiger partial charge in [0.25, 0.3) is 0 Å². The molecular weight excluding hydrogens is 216 g/mol. The van der Waals surface area contributed by atoms with Crippen molar-refractivity contribution < 1.29 is 9.47 Å². The van der Waals surface area contributed by atoms with Crippen LogP contribution in [-0.2, 0) is 9.47 Å². The molecule has 1 rings (SSSR count). The molecule has 1 unspecified atom stereocenters. The minimum atomic E-state index is -0.932. The van der Waals surface area contributed by atoms with Crippen LogP contribution >= 0.6 is 0 Å². The van der Waals surface area contributed by atoms with E-state index in [4.69, 9.17) is 9.47 Å². The zero-order valence-electron chi connectivity index (χ0n) is 10.7. The number of benzene rings is 1. The average molecular weight is 234 g/mol. The summed E-state index contributed by atoms with van der Waals surface area (Å²) in [5.41, 5.74) is 1.10. The van der Waals surface area contributed by atoms with Crippen molar-refractivity contribution in [3.8, 4) is 6.07 Å². The van der Waals surface area contributed by atoms with Crippen LogP contribution in [-0.4, -0.2) is 26.0 Å². The molecule has 17 heavy (non-hydrogen) atoms. The number of nitrogens with zero attached hydrogens (tertiary/aromatic N) is 1. The maximum absolute atomic E-state index is 9.26. The molecule has 0 spiro atoms. The van der Waals surface area contributed by atoms with Gasteiger partial charge in [0, 0.05) is 19.9 Å². The SMILES string of the molecule is COC(OC)C(C)(C#N)Nc1ccc(C)cc1. The van der Waals surface area contributed by atoms with Crippen molar-refractivity contribution in [2.75, 3.05) is 19.5 Å². The minimum absolute atomic E-state index is 0.631. The number of nitrogens with one attached hydrogen (secondary N) is 1. The van der Waals surface area contributed by atoms with Crippen LogP contribution in [0.1, 0.15) is 12.5 Å². The highest BCUT2D eigenvalue weighted by atomic mass is 16.7. The monoisotopic (exact) mass is 234 g/mol. The fraction of sp³-hybridized carbons (Fsp3) is 0.462. The molecular formula is C13H18N2O2. The molecule has 1 atom stereocenters. The molecule has 0 aliphatic carbocycles. The Labute approximate surface area is 102 Å². The van der Waals surface area contributed by atoms with E-state index in [0.29, 0.717) is 0 Å². The van der Waals surface area contributed by atoms with Crippen LogP contribution in [0.4, 0.5) is 5.69 Å². The summed E-state index contributed by atoms with van der Waals surface area (Å²) >= 11 is 0. The molecule has 1 aromatic rings. The van der Waals surface area contributed by atoms with Crippen molar-refractivity contribution in [3.63, 3.8) is 0 Å². The van der Waals surface area contributed by atoms with Crippen LogP contribution in [0.3, 0.4) is 0 Å². The van der Waals surface area contributed by atoms with Gasteiger partial charge in [-0.2, -0.15) is 5.26 Å². The standard InChI is InChI=1S/C13H18N2O2/c1-10-5-7-11(8-6-10)15-13(2,9-14)12(16-3)17-4/h5-8,12,15H,1-4H3. The van der Waals surface area contributed by atoms with E-state index in [2.05, 4.69) is 11.4 Å². The topological polar surface area (TPSA) is 54.3 Å².